The van der Waals surface area contributed by atoms with E-state index in [0.717, 1.165) is 16.8 Å². The van der Waals surface area contributed by atoms with Crippen molar-refractivity contribution in [2.75, 3.05) is 5.32 Å². The van der Waals surface area contributed by atoms with E-state index in [1.54, 1.807) is 0 Å². The molecule has 0 aliphatic rings. The Morgan fingerprint density at radius 3 is 2.36 bits per heavy atom. The van der Waals surface area contributed by atoms with Crippen molar-refractivity contribution in [2.24, 2.45) is 0 Å². The number of thiazole rings is 1. The van der Waals surface area contributed by atoms with Crippen LogP contribution in [0.5, 0.6) is 0 Å². The van der Waals surface area contributed by atoms with Gasteiger partial charge in [0.2, 0.25) is 5.76 Å². The van der Waals surface area contributed by atoms with E-state index < -0.39 is 0 Å². The molecule has 0 aliphatic heterocycles. The van der Waals surface area contributed by atoms with Gasteiger partial charge in [0.15, 0.2) is 5.13 Å². The van der Waals surface area contributed by atoms with Gasteiger partial charge in [0.25, 0.3) is 5.91 Å². The van der Waals surface area contributed by atoms with Crippen molar-refractivity contribution in [3.8, 4) is 22.4 Å². The van der Waals surface area contributed by atoms with Gasteiger partial charge in [-0.1, -0.05) is 59.8 Å². The molecule has 25 heavy (non-hydrogen) atoms. The highest BCUT2D eigenvalue weighted by Crippen LogP contribution is 2.27. The van der Waals surface area contributed by atoms with E-state index in [1.165, 1.54) is 29.2 Å². The Morgan fingerprint density at radius 1 is 0.920 bits per heavy atom. The van der Waals surface area contributed by atoms with E-state index in [2.05, 4.69) is 39.7 Å². The van der Waals surface area contributed by atoms with Crippen molar-refractivity contribution >= 4 is 22.4 Å². The van der Waals surface area contributed by atoms with Crippen molar-refractivity contribution in [1.82, 2.24) is 10.1 Å². The molecule has 0 radical (unpaired) electrons. The number of nitrogens with zero attached hydrogens (tertiary/aromatic N) is 2. The van der Waals surface area contributed by atoms with Gasteiger partial charge < -0.3 is 4.52 Å². The van der Waals surface area contributed by atoms with Crippen molar-refractivity contribution in [3.05, 3.63) is 78.0 Å². The maximum Gasteiger partial charge on any atom is 0.296 e. The third kappa shape index (κ3) is 3.34. The number of aromatic nitrogens is 2. The Morgan fingerprint density at radius 2 is 1.64 bits per heavy atom. The second-order valence-corrected chi connectivity index (χ2v) is 6.17. The van der Waals surface area contributed by atoms with Crippen LogP contribution in [0.4, 0.5) is 5.13 Å². The zero-order valence-electron chi connectivity index (χ0n) is 13.0. The Hall–Kier alpha value is -3.25. The topological polar surface area (TPSA) is 68.0 Å². The molecule has 122 valence electrons. The lowest BCUT2D eigenvalue weighted by molar-refractivity contribution is 0.0988. The number of hydrogen-bond acceptors (Lipinski definition) is 5. The Balaban J connectivity index is 1.51. The summed E-state index contributed by atoms with van der Waals surface area (Å²) in [7, 11) is 0. The van der Waals surface area contributed by atoms with Gasteiger partial charge in [-0.3, -0.25) is 10.1 Å². The fraction of sp³-hybridized carbons (Fsp3) is 0. The maximum absolute atomic E-state index is 11.9. The van der Waals surface area contributed by atoms with Gasteiger partial charge >= 0.3 is 0 Å². The van der Waals surface area contributed by atoms with Crippen LogP contribution in [0.15, 0.2) is 76.8 Å². The standard InChI is InChI=1S/C19H13N3O2S/c23-18(17-10-11-20-24-17)22-19-21-16(12-25-19)15-8-6-14(7-9-15)13-4-2-1-3-5-13/h1-12H,(H,21,22,23). The Kier molecular flexibility index (Phi) is 4.10. The molecule has 0 saturated carbocycles. The smallest absolute Gasteiger partial charge is 0.296 e. The molecule has 1 amide bonds. The third-order valence-electron chi connectivity index (χ3n) is 3.67. The number of carbonyl (C=O) groups excluding carboxylic acids is 1. The number of amides is 1. The van der Waals surface area contributed by atoms with E-state index >= 15 is 0 Å². The lowest BCUT2D eigenvalue weighted by Gasteiger charge is -2.03. The summed E-state index contributed by atoms with van der Waals surface area (Å²) < 4.78 is 4.83. The van der Waals surface area contributed by atoms with Gasteiger partial charge in [-0.15, -0.1) is 11.3 Å². The van der Waals surface area contributed by atoms with Crippen LogP contribution in [0.3, 0.4) is 0 Å². The fourth-order valence-corrected chi connectivity index (χ4v) is 3.13. The number of benzene rings is 2. The SMILES string of the molecule is O=C(Nc1nc(-c2ccc(-c3ccccc3)cc2)cs1)c1ccno1. The molecule has 2 aromatic heterocycles. The van der Waals surface area contributed by atoms with Crippen LogP contribution in [0, 0.1) is 0 Å². The van der Waals surface area contributed by atoms with Crippen molar-refractivity contribution in [2.45, 2.75) is 0 Å². The molecular formula is C19H13N3O2S. The highest BCUT2D eigenvalue weighted by Gasteiger charge is 2.12. The quantitative estimate of drug-likeness (QED) is 0.580. The lowest BCUT2D eigenvalue weighted by atomic mass is 10.0. The number of hydrogen-bond donors (Lipinski definition) is 1. The largest absolute Gasteiger partial charge is 0.351 e. The molecule has 4 rings (SSSR count). The Bertz CT molecular complexity index is 977. The summed E-state index contributed by atoms with van der Waals surface area (Å²) in [4.78, 5) is 16.4. The highest BCUT2D eigenvalue weighted by molar-refractivity contribution is 7.14. The van der Waals surface area contributed by atoms with Gasteiger partial charge in [0.1, 0.15) is 0 Å². The van der Waals surface area contributed by atoms with Crippen LogP contribution in [0.1, 0.15) is 10.6 Å². The van der Waals surface area contributed by atoms with E-state index in [9.17, 15) is 4.79 Å². The molecule has 0 spiro atoms. The molecule has 0 fully saturated rings. The molecule has 2 heterocycles. The molecule has 0 aliphatic carbocycles. The highest BCUT2D eigenvalue weighted by atomic mass is 32.1. The minimum Gasteiger partial charge on any atom is -0.351 e. The summed E-state index contributed by atoms with van der Waals surface area (Å²) in [6, 6.07) is 19.9. The van der Waals surface area contributed by atoms with Gasteiger partial charge in [0.05, 0.1) is 11.9 Å². The first-order valence-electron chi connectivity index (χ1n) is 7.63. The average molecular weight is 347 g/mol. The summed E-state index contributed by atoms with van der Waals surface area (Å²) in [6.07, 6.45) is 1.43. The van der Waals surface area contributed by atoms with Crippen LogP contribution in [0.25, 0.3) is 22.4 Å². The number of rotatable bonds is 4. The number of carbonyl (C=O) groups is 1. The summed E-state index contributed by atoms with van der Waals surface area (Å²) in [5, 5.41) is 8.65. The molecule has 6 heteroatoms. The predicted octanol–water partition coefficient (Wildman–Crippen LogP) is 4.72. The van der Waals surface area contributed by atoms with Crippen LogP contribution in [-0.2, 0) is 0 Å². The molecule has 2 aromatic carbocycles. The zero-order chi connectivity index (χ0) is 17.1. The lowest BCUT2D eigenvalue weighted by Crippen LogP contribution is -2.10. The molecular weight excluding hydrogens is 334 g/mol. The van der Waals surface area contributed by atoms with Gasteiger partial charge in [-0.2, -0.15) is 0 Å². The first kappa shape index (κ1) is 15.3. The minimum atomic E-state index is -0.363. The summed E-state index contributed by atoms with van der Waals surface area (Å²) in [5.74, 6) is -0.207. The van der Waals surface area contributed by atoms with Crippen molar-refractivity contribution in [3.63, 3.8) is 0 Å². The van der Waals surface area contributed by atoms with E-state index in [1.807, 2.05) is 35.7 Å². The van der Waals surface area contributed by atoms with Gasteiger partial charge in [0, 0.05) is 17.0 Å². The van der Waals surface area contributed by atoms with E-state index in [-0.39, 0.29) is 11.7 Å². The second kappa shape index (κ2) is 6.70. The van der Waals surface area contributed by atoms with Gasteiger partial charge in [-0.25, -0.2) is 4.98 Å². The van der Waals surface area contributed by atoms with Crippen LogP contribution >= 0.6 is 11.3 Å². The minimum absolute atomic E-state index is 0.156. The van der Waals surface area contributed by atoms with Crippen LogP contribution < -0.4 is 5.32 Å². The molecule has 5 nitrogen and oxygen atoms in total. The monoisotopic (exact) mass is 347 g/mol. The fourth-order valence-electron chi connectivity index (χ4n) is 2.42. The van der Waals surface area contributed by atoms with E-state index in [4.69, 9.17) is 4.52 Å². The maximum atomic E-state index is 11.9. The number of nitrogens with one attached hydrogen (secondary N) is 1. The Labute approximate surface area is 148 Å². The normalized spacial score (nSPS) is 10.6. The number of anilines is 1. The molecule has 0 unspecified atom stereocenters. The third-order valence-corrected chi connectivity index (χ3v) is 4.43. The molecule has 0 saturated heterocycles. The zero-order valence-corrected chi connectivity index (χ0v) is 13.9. The first-order chi connectivity index (χ1) is 12.3. The second-order valence-electron chi connectivity index (χ2n) is 5.31. The first-order valence-corrected chi connectivity index (χ1v) is 8.51. The summed E-state index contributed by atoms with van der Waals surface area (Å²) >= 11 is 1.37. The molecule has 4 aromatic rings. The van der Waals surface area contributed by atoms with Crippen molar-refractivity contribution in [1.29, 1.82) is 0 Å². The molecule has 0 bridgehead atoms. The van der Waals surface area contributed by atoms with E-state index in [0.29, 0.717) is 5.13 Å². The molecule has 0 atom stereocenters. The van der Waals surface area contributed by atoms with Crippen LogP contribution in [-0.4, -0.2) is 16.0 Å². The summed E-state index contributed by atoms with van der Waals surface area (Å²) in [6.45, 7) is 0. The predicted molar refractivity (Wildman–Crippen MR) is 97.4 cm³/mol. The van der Waals surface area contributed by atoms with Gasteiger partial charge in [-0.05, 0) is 11.1 Å². The van der Waals surface area contributed by atoms with Crippen molar-refractivity contribution < 1.29 is 9.32 Å². The van der Waals surface area contributed by atoms with Crippen LogP contribution in [0.2, 0.25) is 0 Å². The molecule has 1 N–H and O–H groups in total. The summed E-state index contributed by atoms with van der Waals surface area (Å²) in [5.41, 5.74) is 4.14. The average Bonchev–Trinajstić information content (AvgIpc) is 3.35.